The van der Waals surface area contributed by atoms with Crippen LogP contribution in [0.5, 0.6) is 0 Å². The molecule has 1 aliphatic heterocycles. The Morgan fingerprint density at radius 1 is 0.902 bits per heavy atom. The zero-order valence-electron chi connectivity index (χ0n) is 23.1. The van der Waals surface area contributed by atoms with Crippen LogP contribution in [-0.2, 0) is 20.2 Å². The third-order valence-corrected chi connectivity index (χ3v) is 11.1. The van der Waals surface area contributed by atoms with Crippen molar-refractivity contribution in [1.29, 1.82) is 0 Å². The van der Waals surface area contributed by atoms with Crippen molar-refractivity contribution < 1.29 is 27.5 Å². The second-order valence-electron chi connectivity index (χ2n) is 12.2. The molecule has 7 nitrogen and oxygen atoms in total. The van der Waals surface area contributed by atoms with Crippen molar-refractivity contribution in [3.8, 4) is 23.5 Å². The van der Waals surface area contributed by atoms with Gasteiger partial charge in [0, 0.05) is 17.2 Å². The van der Waals surface area contributed by atoms with Gasteiger partial charge in [0.2, 0.25) is 0 Å². The number of benzene rings is 2. The summed E-state index contributed by atoms with van der Waals surface area (Å²) in [6.07, 6.45) is 12.1. The molecule has 1 amide bonds. The lowest BCUT2D eigenvalue weighted by atomic mass is 9.75. The summed E-state index contributed by atoms with van der Waals surface area (Å²) in [7, 11) is -3.08. The molecule has 1 aromatic heterocycles. The molecule has 2 saturated carbocycles. The zero-order chi connectivity index (χ0) is 28.9. The lowest BCUT2D eigenvalue weighted by molar-refractivity contribution is -0.127. The van der Waals surface area contributed by atoms with Crippen LogP contribution in [0.1, 0.15) is 80.3 Å². The lowest BCUT2D eigenvalue weighted by Gasteiger charge is -2.37. The maximum absolute atomic E-state index is 13.5. The summed E-state index contributed by atoms with van der Waals surface area (Å²) in [5.41, 5.74) is 0.658. The summed E-state index contributed by atoms with van der Waals surface area (Å²) in [6.45, 7) is 0. The van der Waals surface area contributed by atoms with Crippen molar-refractivity contribution in [2.24, 2.45) is 5.41 Å². The smallest absolute Gasteiger partial charge is 0.287 e. The standard InChI is InChI=1S/C33H35NO6S/c1-2-31(14-15-31)22-29(35)32(12-4-3-5-13-32)34-30(36)28-21-25-7-6-24(20-27(25)40-28)23-8-10-26(11-9-23)33(37)16-18-41(38,39)19-17-33/h1,6-11,20-21,37H,3-5,12-19,22H2,(H,34,36). The Bertz CT molecular complexity index is 1640. The van der Waals surface area contributed by atoms with Gasteiger partial charge in [-0.3, -0.25) is 9.59 Å². The van der Waals surface area contributed by atoms with Crippen molar-refractivity contribution in [2.75, 3.05) is 11.5 Å². The second-order valence-corrected chi connectivity index (χ2v) is 14.5. The SMILES string of the molecule is C#CC1(CC(=O)C2(NC(=O)c3cc4ccc(-c5ccc(C6(O)CCS(=O)(=O)CC6)cc5)cc4o3)CCCCC2)CC1. The van der Waals surface area contributed by atoms with Crippen LogP contribution in [-0.4, -0.2) is 42.3 Å². The Morgan fingerprint density at radius 3 is 2.20 bits per heavy atom. The van der Waals surface area contributed by atoms with E-state index >= 15 is 0 Å². The van der Waals surface area contributed by atoms with Crippen molar-refractivity contribution in [3.05, 3.63) is 59.9 Å². The molecule has 0 spiro atoms. The third kappa shape index (κ3) is 5.45. The first-order valence-electron chi connectivity index (χ1n) is 14.5. The molecule has 0 radical (unpaired) electrons. The molecule has 2 aromatic carbocycles. The fraction of sp³-hybridized carbons (Fsp3) is 0.455. The van der Waals surface area contributed by atoms with Gasteiger partial charge in [0.05, 0.1) is 22.6 Å². The largest absolute Gasteiger partial charge is 0.451 e. The number of terminal acetylenes is 1. The highest BCUT2D eigenvalue weighted by Gasteiger charge is 2.49. The Kier molecular flexibility index (Phi) is 6.87. The highest BCUT2D eigenvalue weighted by Crippen LogP contribution is 2.49. The predicted octanol–water partition coefficient (Wildman–Crippen LogP) is 5.30. The Morgan fingerprint density at radius 2 is 1.56 bits per heavy atom. The molecule has 41 heavy (non-hydrogen) atoms. The lowest BCUT2D eigenvalue weighted by Crippen LogP contribution is -2.56. The van der Waals surface area contributed by atoms with Crippen molar-refractivity contribution >= 4 is 32.5 Å². The summed E-state index contributed by atoms with van der Waals surface area (Å²) in [6, 6.07) is 14.9. The number of furan rings is 1. The Labute approximate surface area is 240 Å². The number of ketones is 1. The average Bonchev–Trinajstić information content (AvgIpc) is 3.62. The summed E-state index contributed by atoms with van der Waals surface area (Å²) in [5, 5.41) is 14.9. The van der Waals surface area contributed by atoms with Gasteiger partial charge in [-0.1, -0.05) is 61.6 Å². The van der Waals surface area contributed by atoms with Gasteiger partial charge in [-0.15, -0.1) is 6.42 Å². The molecule has 3 aromatic rings. The maximum atomic E-state index is 13.5. The number of Topliss-reactive ketones (excluding diaryl/α,β-unsaturated/α-hetero) is 1. The number of hydrogen-bond acceptors (Lipinski definition) is 6. The Hall–Kier alpha value is -3.41. The molecule has 0 bridgehead atoms. The van der Waals surface area contributed by atoms with Crippen LogP contribution in [0.25, 0.3) is 22.1 Å². The number of carbonyl (C=O) groups excluding carboxylic acids is 2. The van der Waals surface area contributed by atoms with Gasteiger partial charge >= 0.3 is 0 Å². The fourth-order valence-corrected chi connectivity index (χ4v) is 7.87. The highest BCUT2D eigenvalue weighted by molar-refractivity contribution is 7.91. The number of amides is 1. The van der Waals surface area contributed by atoms with Crippen LogP contribution in [0.2, 0.25) is 0 Å². The van der Waals surface area contributed by atoms with E-state index in [1.54, 1.807) is 6.07 Å². The van der Waals surface area contributed by atoms with Gasteiger partial charge in [0.15, 0.2) is 21.4 Å². The van der Waals surface area contributed by atoms with Crippen molar-refractivity contribution in [2.45, 2.75) is 75.3 Å². The van der Waals surface area contributed by atoms with E-state index in [4.69, 9.17) is 10.8 Å². The monoisotopic (exact) mass is 573 g/mol. The topological polar surface area (TPSA) is 114 Å². The van der Waals surface area contributed by atoms with Crippen molar-refractivity contribution in [1.82, 2.24) is 5.32 Å². The van der Waals surface area contributed by atoms with E-state index in [0.29, 0.717) is 30.4 Å². The number of rotatable bonds is 7. The van der Waals surface area contributed by atoms with E-state index in [2.05, 4.69) is 11.2 Å². The fourth-order valence-electron chi connectivity index (χ4n) is 6.37. The quantitative estimate of drug-likeness (QED) is 0.371. The van der Waals surface area contributed by atoms with Gasteiger partial charge in [-0.2, -0.15) is 0 Å². The van der Waals surface area contributed by atoms with Crippen LogP contribution in [0.15, 0.2) is 52.9 Å². The number of fused-ring (bicyclic) bond motifs is 1. The number of hydrogen-bond donors (Lipinski definition) is 2. The number of nitrogens with one attached hydrogen (secondary N) is 1. The second kappa shape index (κ2) is 10.1. The number of carbonyl (C=O) groups is 2. The van der Waals surface area contributed by atoms with Gasteiger partial charge in [-0.05, 0) is 67.3 Å². The molecule has 0 unspecified atom stereocenters. The molecule has 2 N–H and O–H groups in total. The molecule has 2 heterocycles. The first-order valence-corrected chi connectivity index (χ1v) is 16.3. The van der Waals surface area contributed by atoms with Crippen LogP contribution in [0.4, 0.5) is 0 Å². The minimum atomic E-state index is -3.08. The number of sulfone groups is 1. The maximum Gasteiger partial charge on any atom is 0.287 e. The van der Waals surface area contributed by atoms with Gasteiger partial charge in [-0.25, -0.2) is 8.42 Å². The van der Waals surface area contributed by atoms with Crippen molar-refractivity contribution in [3.63, 3.8) is 0 Å². The van der Waals surface area contributed by atoms with E-state index in [-0.39, 0.29) is 41.3 Å². The molecular weight excluding hydrogens is 538 g/mol. The normalized spacial score (nSPS) is 22.0. The van der Waals surface area contributed by atoms with Crippen LogP contribution in [0.3, 0.4) is 0 Å². The third-order valence-electron chi connectivity index (χ3n) is 9.41. The molecular formula is C33H35NO6S. The minimum absolute atomic E-state index is 0.0166. The highest BCUT2D eigenvalue weighted by atomic mass is 32.2. The predicted molar refractivity (Wildman–Crippen MR) is 157 cm³/mol. The molecule has 3 fully saturated rings. The number of aliphatic hydroxyl groups is 1. The summed E-state index contributed by atoms with van der Waals surface area (Å²) < 4.78 is 29.6. The summed E-state index contributed by atoms with van der Waals surface area (Å²) >= 11 is 0. The molecule has 6 rings (SSSR count). The minimum Gasteiger partial charge on any atom is -0.451 e. The molecule has 1 saturated heterocycles. The zero-order valence-corrected chi connectivity index (χ0v) is 23.9. The van der Waals surface area contributed by atoms with Crippen LogP contribution < -0.4 is 5.32 Å². The summed E-state index contributed by atoms with van der Waals surface area (Å²) in [4.78, 5) is 26.9. The van der Waals surface area contributed by atoms with Gasteiger partial charge < -0.3 is 14.8 Å². The van der Waals surface area contributed by atoms with Crippen LogP contribution >= 0.6 is 0 Å². The molecule has 8 heteroatoms. The van der Waals surface area contributed by atoms with E-state index in [1.165, 1.54) is 0 Å². The molecule has 3 aliphatic rings. The molecule has 0 atom stereocenters. The average molecular weight is 574 g/mol. The van der Waals surface area contributed by atoms with Crippen LogP contribution in [0, 0.1) is 17.8 Å². The molecule has 2 aliphatic carbocycles. The van der Waals surface area contributed by atoms with E-state index < -0.39 is 26.9 Å². The first kappa shape index (κ1) is 27.7. The van der Waals surface area contributed by atoms with E-state index in [9.17, 15) is 23.1 Å². The van der Waals surface area contributed by atoms with E-state index in [0.717, 1.165) is 48.6 Å². The first-order chi connectivity index (χ1) is 19.5. The molecule has 214 valence electrons. The summed E-state index contributed by atoms with van der Waals surface area (Å²) in [5.74, 6) is 2.57. The Balaban J connectivity index is 1.20. The van der Waals surface area contributed by atoms with E-state index in [1.807, 2.05) is 42.5 Å². The van der Waals surface area contributed by atoms with Gasteiger partial charge in [0.1, 0.15) is 5.58 Å². The van der Waals surface area contributed by atoms with Gasteiger partial charge in [0.25, 0.3) is 5.91 Å².